The van der Waals surface area contributed by atoms with E-state index in [1.54, 1.807) is 24.3 Å². The number of phenolic OH excluding ortho intramolecular Hbond substituents is 1. The van der Waals surface area contributed by atoms with Gasteiger partial charge in [0.05, 0.1) is 11.1 Å². The Morgan fingerprint density at radius 2 is 1.86 bits per heavy atom. The molecule has 1 fully saturated rings. The molecule has 1 amide bonds. The number of alkyl halides is 3. The Morgan fingerprint density at radius 3 is 2.49 bits per heavy atom. The van der Waals surface area contributed by atoms with Gasteiger partial charge in [0.1, 0.15) is 11.6 Å². The normalized spacial score (nSPS) is 24.9. The Hall–Kier alpha value is -3.14. The third-order valence-electron chi connectivity index (χ3n) is 6.81. The number of piperidine rings is 1. The van der Waals surface area contributed by atoms with Crippen molar-refractivity contribution in [2.45, 2.75) is 63.4 Å². The fourth-order valence-corrected chi connectivity index (χ4v) is 4.65. The van der Waals surface area contributed by atoms with E-state index in [0.717, 1.165) is 11.1 Å². The molecular formula is C25H29F3N4O3. The summed E-state index contributed by atoms with van der Waals surface area (Å²) in [6.45, 7) is 5.41. The summed E-state index contributed by atoms with van der Waals surface area (Å²) >= 11 is 0. The third kappa shape index (κ3) is 4.71. The maximum atomic E-state index is 13.0. The minimum absolute atomic E-state index is 0.0755. The Kier molecular flexibility index (Phi) is 6.29. The van der Waals surface area contributed by atoms with Crippen LogP contribution in [0.15, 0.2) is 57.5 Å². The van der Waals surface area contributed by atoms with Crippen LogP contribution in [0.4, 0.5) is 13.2 Å². The summed E-state index contributed by atoms with van der Waals surface area (Å²) in [6.07, 6.45) is 0.433. The number of allylic oxidation sites excluding steroid dienone is 2. The lowest BCUT2D eigenvalue weighted by atomic mass is 9.79. The number of nitrogens with zero attached hydrogens (tertiary/aromatic N) is 3. The number of amidine groups is 2. The van der Waals surface area contributed by atoms with Gasteiger partial charge in [0.2, 0.25) is 5.60 Å². The molecule has 188 valence electrons. The van der Waals surface area contributed by atoms with Crippen LogP contribution >= 0.6 is 0 Å². The van der Waals surface area contributed by atoms with Crippen LogP contribution in [0.2, 0.25) is 0 Å². The summed E-state index contributed by atoms with van der Waals surface area (Å²) in [6, 6.07) is 6.36. The van der Waals surface area contributed by atoms with Crippen LogP contribution < -0.4 is 5.32 Å². The molecule has 1 saturated heterocycles. The smallest absolute Gasteiger partial charge is 0.426 e. The Morgan fingerprint density at radius 1 is 1.20 bits per heavy atom. The average Bonchev–Trinajstić information content (AvgIpc) is 2.77. The fraction of sp³-hybridized carbons (Fsp3) is 0.480. The molecule has 3 N–H and O–H groups in total. The largest absolute Gasteiger partial charge is 0.507 e. The van der Waals surface area contributed by atoms with Crippen molar-refractivity contribution in [3.05, 3.63) is 53.1 Å². The molecule has 1 aliphatic carbocycles. The lowest BCUT2D eigenvalue weighted by molar-refractivity contribution is -0.245. The van der Waals surface area contributed by atoms with E-state index in [4.69, 9.17) is 9.98 Å². The van der Waals surface area contributed by atoms with Gasteiger partial charge in [-0.25, -0.2) is 4.99 Å². The number of carbonyl (C=O) groups excluding carboxylic acids is 1. The molecule has 1 aromatic rings. The molecule has 0 spiro atoms. The number of nitrogens with one attached hydrogen (secondary N) is 1. The molecule has 0 aromatic heterocycles. The molecule has 1 aromatic carbocycles. The van der Waals surface area contributed by atoms with Gasteiger partial charge in [0, 0.05) is 24.7 Å². The van der Waals surface area contributed by atoms with Gasteiger partial charge in [-0.2, -0.15) is 13.2 Å². The van der Waals surface area contributed by atoms with Gasteiger partial charge in [0.15, 0.2) is 5.84 Å². The number of phenols is 1. The van der Waals surface area contributed by atoms with Crippen LogP contribution in [-0.2, 0) is 4.79 Å². The molecule has 10 heteroatoms. The highest BCUT2D eigenvalue weighted by molar-refractivity contribution is 6.15. The van der Waals surface area contributed by atoms with Gasteiger partial charge >= 0.3 is 6.18 Å². The maximum absolute atomic E-state index is 13.0. The molecule has 4 rings (SSSR count). The first-order valence-electron chi connectivity index (χ1n) is 11.5. The van der Waals surface area contributed by atoms with Gasteiger partial charge in [-0.15, -0.1) is 0 Å². The van der Waals surface area contributed by atoms with Crippen molar-refractivity contribution < 1.29 is 28.2 Å². The van der Waals surface area contributed by atoms with Gasteiger partial charge in [0.25, 0.3) is 5.91 Å². The van der Waals surface area contributed by atoms with E-state index in [9.17, 15) is 28.2 Å². The Bertz CT molecular complexity index is 1140. The lowest BCUT2D eigenvalue weighted by Gasteiger charge is -2.42. The number of hydrogen-bond acceptors (Lipinski definition) is 6. The van der Waals surface area contributed by atoms with Crippen molar-refractivity contribution in [2.75, 3.05) is 13.1 Å². The number of aromatic hydroxyl groups is 1. The van der Waals surface area contributed by atoms with E-state index >= 15 is 0 Å². The monoisotopic (exact) mass is 490 g/mol. The molecule has 35 heavy (non-hydrogen) atoms. The van der Waals surface area contributed by atoms with E-state index in [0.29, 0.717) is 56.5 Å². The molecule has 0 bridgehead atoms. The summed E-state index contributed by atoms with van der Waals surface area (Å²) in [4.78, 5) is 23.8. The van der Waals surface area contributed by atoms with E-state index in [1.807, 2.05) is 30.9 Å². The molecule has 3 aliphatic rings. The molecule has 0 radical (unpaired) electrons. The number of halogens is 3. The van der Waals surface area contributed by atoms with Crippen molar-refractivity contribution >= 4 is 17.6 Å². The highest BCUT2D eigenvalue weighted by Gasteiger charge is 2.56. The predicted molar refractivity (Wildman–Crippen MR) is 126 cm³/mol. The number of carbonyl (C=O) groups is 1. The maximum Gasteiger partial charge on any atom is 0.426 e. The number of amides is 1. The standard InChI is InChI=1S/C25H29F3N4O3/c1-15-8-9-18-21(30-20(31-23(18,2)14-15)17-6-4-5-7-19(17)33)32-12-10-16(11-13-32)29-22(34)24(3,35)25(26,27)28/h4-9,16,33,35H,10-14H2,1-3H3,(H,29,34). The molecule has 7 nitrogen and oxygen atoms in total. The lowest BCUT2D eigenvalue weighted by Crippen LogP contribution is -2.58. The molecule has 2 aliphatic heterocycles. The second-order valence-electron chi connectivity index (χ2n) is 9.74. The first-order valence-corrected chi connectivity index (χ1v) is 11.5. The zero-order valence-electron chi connectivity index (χ0n) is 19.9. The van der Waals surface area contributed by atoms with E-state index in [2.05, 4.69) is 5.32 Å². The van der Waals surface area contributed by atoms with Crippen molar-refractivity contribution in [3.8, 4) is 5.75 Å². The van der Waals surface area contributed by atoms with Crippen LogP contribution in [0.5, 0.6) is 5.75 Å². The van der Waals surface area contributed by atoms with Crippen LogP contribution in [0.25, 0.3) is 0 Å². The van der Waals surface area contributed by atoms with Crippen molar-refractivity contribution in [1.29, 1.82) is 0 Å². The molecule has 2 atom stereocenters. The number of aliphatic hydroxyl groups is 1. The first kappa shape index (κ1) is 25.0. The minimum atomic E-state index is -5.06. The van der Waals surface area contributed by atoms with E-state index < -0.39 is 29.3 Å². The van der Waals surface area contributed by atoms with Crippen molar-refractivity contribution in [1.82, 2.24) is 10.2 Å². The first-order chi connectivity index (χ1) is 16.3. The minimum Gasteiger partial charge on any atom is -0.507 e. The van der Waals surface area contributed by atoms with Gasteiger partial charge in [-0.3, -0.25) is 9.79 Å². The quantitative estimate of drug-likeness (QED) is 0.604. The van der Waals surface area contributed by atoms with E-state index in [-0.39, 0.29) is 5.75 Å². The number of hydrogen-bond donors (Lipinski definition) is 3. The summed E-state index contributed by atoms with van der Waals surface area (Å²) < 4.78 is 39.0. The summed E-state index contributed by atoms with van der Waals surface area (Å²) in [7, 11) is 0. The van der Waals surface area contributed by atoms with Crippen molar-refractivity contribution in [2.24, 2.45) is 9.98 Å². The SMILES string of the molecule is CC1=CC=C2C(N3CCC(NC(=O)C(C)(O)C(F)(F)F)CC3)=NC(c3ccccc3O)=NC2(C)C1. The Balaban J connectivity index is 1.57. The number of aliphatic imine (C=N–C) groups is 2. The number of rotatable bonds is 3. The van der Waals surface area contributed by atoms with Crippen LogP contribution in [0, 0.1) is 0 Å². The van der Waals surface area contributed by atoms with E-state index in [1.165, 1.54) is 0 Å². The summed E-state index contributed by atoms with van der Waals surface area (Å²) in [5.41, 5.74) is -1.40. The molecule has 0 saturated carbocycles. The van der Waals surface area contributed by atoms with Crippen LogP contribution in [-0.4, -0.2) is 69.1 Å². The van der Waals surface area contributed by atoms with Gasteiger partial charge < -0.3 is 20.4 Å². The number of para-hydroxylation sites is 1. The average molecular weight is 491 g/mol. The predicted octanol–water partition coefficient (Wildman–Crippen LogP) is 3.48. The van der Waals surface area contributed by atoms with Crippen molar-refractivity contribution in [3.63, 3.8) is 0 Å². The molecular weight excluding hydrogens is 461 g/mol. The number of likely N-dealkylation sites (tertiary alicyclic amines) is 1. The highest BCUT2D eigenvalue weighted by Crippen LogP contribution is 2.39. The zero-order chi connectivity index (χ0) is 25.6. The number of fused-ring (bicyclic) bond motifs is 1. The van der Waals surface area contributed by atoms with Gasteiger partial charge in [-0.05, 0) is 52.2 Å². The summed E-state index contributed by atoms with van der Waals surface area (Å²) in [5, 5.41) is 22.4. The topological polar surface area (TPSA) is 97.5 Å². The third-order valence-corrected chi connectivity index (χ3v) is 6.81. The second kappa shape index (κ2) is 8.82. The zero-order valence-corrected chi connectivity index (χ0v) is 19.9. The van der Waals surface area contributed by atoms with Crippen LogP contribution in [0.1, 0.15) is 45.6 Å². The number of benzene rings is 1. The van der Waals surface area contributed by atoms with Crippen LogP contribution in [0.3, 0.4) is 0 Å². The highest BCUT2D eigenvalue weighted by atomic mass is 19.4. The molecule has 2 unspecified atom stereocenters. The fourth-order valence-electron chi connectivity index (χ4n) is 4.65. The second-order valence-corrected chi connectivity index (χ2v) is 9.74. The molecule has 2 heterocycles. The van der Waals surface area contributed by atoms with Gasteiger partial charge in [-0.1, -0.05) is 29.9 Å². The summed E-state index contributed by atoms with van der Waals surface area (Å²) in [5.74, 6) is -0.247. The Labute approximate surface area is 201 Å².